The maximum atomic E-state index is 4.45. The summed E-state index contributed by atoms with van der Waals surface area (Å²) in [6, 6.07) is 10.6. The molecule has 2 heterocycles. The third-order valence-corrected chi connectivity index (χ3v) is 4.08. The lowest BCUT2D eigenvalue weighted by Crippen LogP contribution is -2.25. The molecular weight excluding hydrogens is 286 g/mol. The van der Waals surface area contributed by atoms with Crippen LogP contribution in [0.5, 0.6) is 0 Å². The van der Waals surface area contributed by atoms with E-state index in [9.17, 15) is 0 Å². The molecule has 3 rings (SSSR count). The Labute approximate surface area is 137 Å². The van der Waals surface area contributed by atoms with Gasteiger partial charge in [0.25, 0.3) is 0 Å². The third kappa shape index (κ3) is 3.87. The predicted octanol–water partition coefficient (Wildman–Crippen LogP) is 2.46. The SMILES string of the molecule is CN(CCc1ccccc1)CCn1ccnc1-c1nccn1C. The Morgan fingerprint density at radius 3 is 2.43 bits per heavy atom. The van der Waals surface area contributed by atoms with E-state index in [-0.39, 0.29) is 0 Å². The summed E-state index contributed by atoms with van der Waals surface area (Å²) >= 11 is 0. The topological polar surface area (TPSA) is 38.9 Å². The number of aromatic nitrogens is 4. The van der Waals surface area contributed by atoms with Crippen molar-refractivity contribution in [3.8, 4) is 11.6 Å². The summed E-state index contributed by atoms with van der Waals surface area (Å²) in [7, 11) is 4.16. The second-order valence-corrected chi connectivity index (χ2v) is 5.84. The minimum absolute atomic E-state index is 0.905. The van der Waals surface area contributed by atoms with Gasteiger partial charge in [-0.2, -0.15) is 0 Å². The average Bonchev–Trinajstić information content (AvgIpc) is 3.20. The molecule has 0 N–H and O–H groups in total. The first-order valence-electron chi connectivity index (χ1n) is 7.95. The van der Waals surface area contributed by atoms with E-state index in [0.717, 1.165) is 37.7 Å². The van der Waals surface area contributed by atoms with Crippen LogP contribution in [-0.2, 0) is 20.0 Å². The molecule has 1 aromatic carbocycles. The highest BCUT2D eigenvalue weighted by Crippen LogP contribution is 2.14. The van der Waals surface area contributed by atoms with Crippen LogP contribution < -0.4 is 0 Å². The molecule has 5 heteroatoms. The van der Waals surface area contributed by atoms with Gasteiger partial charge in [-0.25, -0.2) is 9.97 Å². The minimum atomic E-state index is 0.905. The number of hydrogen-bond donors (Lipinski definition) is 0. The van der Waals surface area contributed by atoms with Crippen molar-refractivity contribution in [2.45, 2.75) is 13.0 Å². The van der Waals surface area contributed by atoms with Gasteiger partial charge < -0.3 is 14.0 Å². The number of rotatable bonds is 7. The maximum absolute atomic E-state index is 4.45. The number of likely N-dealkylation sites (N-methyl/N-ethyl adjacent to an activating group) is 1. The van der Waals surface area contributed by atoms with Gasteiger partial charge in [-0.15, -0.1) is 0 Å². The molecule has 0 radical (unpaired) electrons. The Bertz CT molecular complexity index is 729. The Morgan fingerprint density at radius 2 is 1.70 bits per heavy atom. The fourth-order valence-electron chi connectivity index (χ4n) is 2.63. The first-order valence-corrected chi connectivity index (χ1v) is 7.95. The van der Waals surface area contributed by atoms with E-state index in [1.807, 2.05) is 30.2 Å². The third-order valence-electron chi connectivity index (χ3n) is 4.08. The van der Waals surface area contributed by atoms with Crippen LogP contribution in [0.4, 0.5) is 0 Å². The normalized spacial score (nSPS) is 11.3. The number of aryl methyl sites for hydroxylation is 1. The molecule has 0 spiro atoms. The summed E-state index contributed by atoms with van der Waals surface area (Å²) in [5, 5.41) is 0. The summed E-state index contributed by atoms with van der Waals surface area (Å²) in [5.41, 5.74) is 1.38. The van der Waals surface area contributed by atoms with E-state index in [4.69, 9.17) is 0 Å². The molecule has 0 aliphatic heterocycles. The molecule has 0 unspecified atom stereocenters. The van der Waals surface area contributed by atoms with Gasteiger partial charge in [-0.1, -0.05) is 30.3 Å². The standard InChI is InChI=1S/C18H23N5/c1-21(11-8-16-6-4-3-5-7-16)14-15-23-13-10-20-18(23)17-19-9-12-22(17)2/h3-7,9-10,12-13H,8,11,14-15H2,1-2H3. The Kier molecular flexibility index (Phi) is 4.88. The van der Waals surface area contributed by atoms with Crippen molar-refractivity contribution in [1.29, 1.82) is 0 Å². The maximum Gasteiger partial charge on any atom is 0.176 e. The van der Waals surface area contributed by atoms with E-state index in [2.05, 4.69) is 56.8 Å². The number of hydrogen-bond acceptors (Lipinski definition) is 3. The molecule has 0 bridgehead atoms. The van der Waals surface area contributed by atoms with Crippen LogP contribution >= 0.6 is 0 Å². The average molecular weight is 309 g/mol. The summed E-state index contributed by atoms with van der Waals surface area (Å²) < 4.78 is 4.17. The van der Waals surface area contributed by atoms with E-state index in [1.54, 1.807) is 6.20 Å². The molecule has 2 aromatic heterocycles. The summed E-state index contributed by atoms with van der Waals surface area (Å²) in [5.74, 6) is 1.83. The van der Waals surface area contributed by atoms with Gasteiger partial charge in [0.15, 0.2) is 11.6 Å². The molecule has 0 atom stereocenters. The fraction of sp³-hybridized carbons (Fsp3) is 0.333. The van der Waals surface area contributed by atoms with Crippen molar-refractivity contribution < 1.29 is 0 Å². The molecule has 5 nitrogen and oxygen atoms in total. The van der Waals surface area contributed by atoms with E-state index in [0.29, 0.717) is 0 Å². The first-order chi connectivity index (χ1) is 11.2. The van der Waals surface area contributed by atoms with Crippen molar-refractivity contribution >= 4 is 0 Å². The van der Waals surface area contributed by atoms with Gasteiger partial charge >= 0.3 is 0 Å². The van der Waals surface area contributed by atoms with E-state index in [1.165, 1.54) is 5.56 Å². The highest BCUT2D eigenvalue weighted by molar-refractivity contribution is 5.44. The summed E-state index contributed by atoms with van der Waals surface area (Å²) in [6.07, 6.45) is 8.69. The van der Waals surface area contributed by atoms with Crippen molar-refractivity contribution in [2.75, 3.05) is 20.1 Å². The lowest BCUT2D eigenvalue weighted by atomic mass is 10.1. The second-order valence-electron chi connectivity index (χ2n) is 5.84. The van der Waals surface area contributed by atoms with Crippen molar-refractivity contribution in [3.05, 3.63) is 60.7 Å². The molecule has 0 fully saturated rings. The zero-order valence-electron chi connectivity index (χ0n) is 13.8. The molecule has 0 aliphatic rings. The number of nitrogens with zero attached hydrogens (tertiary/aromatic N) is 5. The Hall–Kier alpha value is -2.40. The van der Waals surface area contributed by atoms with Crippen LogP contribution in [-0.4, -0.2) is 44.1 Å². The first kappa shape index (κ1) is 15.5. The van der Waals surface area contributed by atoms with Crippen molar-refractivity contribution in [2.24, 2.45) is 7.05 Å². The summed E-state index contributed by atoms with van der Waals surface area (Å²) in [4.78, 5) is 11.2. The fourth-order valence-corrected chi connectivity index (χ4v) is 2.63. The van der Waals surface area contributed by atoms with Crippen LogP contribution in [0.2, 0.25) is 0 Å². The van der Waals surface area contributed by atoms with Crippen LogP contribution in [0.15, 0.2) is 55.1 Å². The van der Waals surface area contributed by atoms with Gasteiger partial charge in [-0.05, 0) is 19.0 Å². The van der Waals surface area contributed by atoms with E-state index < -0.39 is 0 Å². The largest absolute Gasteiger partial charge is 0.331 e. The van der Waals surface area contributed by atoms with Gasteiger partial charge in [0.05, 0.1) is 0 Å². The van der Waals surface area contributed by atoms with Crippen LogP contribution in [0.1, 0.15) is 5.56 Å². The zero-order chi connectivity index (χ0) is 16.1. The highest BCUT2D eigenvalue weighted by atomic mass is 15.2. The molecule has 3 aromatic rings. The quantitative estimate of drug-likeness (QED) is 0.673. The van der Waals surface area contributed by atoms with Crippen LogP contribution in [0.25, 0.3) is 11.6 Å². The summed E-state index contributed by atoms with van der Waals surface area (Å²) in [6.45, 7) is 2.95. The molecule has 120 valence electrons. The van der Waals surface area contributed by atoms with Gasteiger partial charge in [-0.3, -0.25) is 0 Å². The molecule has 0 saturated heterocycles. The molecule has 0 aliphatic carbocycles. The van der Waals surface area contributed by atoms with E-state index >= 15 is 0 Å². The van der Waals surface area contributed by atoms with Crippen molar-refractivity contribution in [3.63, 3.8) is 0 Å². The smallest absolute Gasteiger partial charge is 0.176 e. The highest BCUT2D eigenvalue weighted by Gasteiger charge is 2.10. The number of imidazole rings is 2. The monoisotopic (exact) mass is 309 g/mol. The van der Waals surface area contributed by atoms with Gasteiger partial charge in [0, 0.05) is 51.5 Å². The Balaban J connectivity index is 1.55. The molecule has 0 amide bonds. The second kappa shape index (κ2) is 7.24. The van der Waals surface area contributed by atoms with Crippen LogP contribution in [0.3, 0.4) is 0 Å². The van der Waals surface area contributed by atoms with Gasteiger partial charge in [0.1, 0.15) is 0 Å². The zero-order valence-corrected chi connectivity index (χ0v) is 13.8. The number of benzene rings is 1. The molecular formula is C18H23N5. The lowest BCUT2D eigenvalue weighted by molar-refractivity contribution is 0.323. The lowest BCUT2D eigenvalue weighted by Gasteiger charge is -2.17. The van der Waals surface area contributed by atoms with Crippen LogP contribution in [0, 0.1) is 0 Å². The Morgan fingerprint density at radius 1 is 0.957 bits per heavy atom. The minimum Gasteiger partial charge on any atom is -0.331 e. The molecule has 0 saturated carbocycles. The predicted molar refractivity (Wildman–Crippen MR) is 92.1 cm³/mol. The molecule has 23 heavy (non-hydrogen) atoms. The van der Waals surface area contributed by atoms with Gasteiger partial charge in [0.2, 0.25) is 0 Å². The van der Waals surface area contributed by atoms with Crippen molar-refractivity contribution in [1.82, 2.24) is 24.0 Å².